The van der Waals surface area contributed by atoms with E-state index >= 15 is 0 Å². The standard InChI is InChI=1S/C15H22N4O3S2.ClH/c20-15(18-10-12-1-3-16-4-2-12)14-9-13(11-17-14)24(21,22)19-5-7-23-8-6-19;/h1,9,11,16-17H,2-8,10H2,(H,18,20);1H. The number of aromatic nitrogens is 1. The van der Waals surface area contributed by atoms with Crippen molar-refractivity contribution in [1.29, 1.82) is 0 Å². The number of nitrogens with one attached hydrogen (secondary N) is 3. The highest BCUT2D eigenvalue weighted by atomic mass is 35.5. The van der Waals surface area contributed by atoms with E-state index in [-0.39, 0.29) is 28.9 Å². The summed E-state index contributed by atoms with van der Waals surface area (Å²) in [6, 6.07) is 1.42. The van der Waals surface area contributed by atoms with Crippen molar-refractivity contribution in [2.75, 3.05) is 44.2 Å². The van der Waals surface area contributed by atoms with Gasteiger partial charge in [0.05, 0.1) is 0 Å². The molecule has 140 valence electrons. The summed E-state index contributed by atoms with van der Waals surface area (Å²) in [5.41, 5.74) is 1.46. The lowest BCUT2D eigenvalue weighted by Gasteiger charge is -2.24. The van der Waals surface area contributed by atoms with Gasteiger partial charge in [-0.25, -0.2) is 8.42 Å². The van der Waals surface area contributed by atoms with Crippen LogP contribution in [0.4, 0.5) is 0 Å². The fourth-order valence-electron chi connectivity index (χ4n) is 2.71. The molecule has 0 saturated carbocycles. The van der Waals surface area contributed by atoms with Crippen molar-refractivity contribution in [2.24, 2.45) is 0 Å². The number of nitrogens with zero attached hydrogens (tertiary/aromatic N) is 1. The number of halogens is 1. The third kappa shape index (κ3) is 5.01. The van der Waals surface area contributed by atoms with Crippen molar-refractivity contribution in [1.82, 2.24) is 19.9 Å². The Bertz CT molecular complexity index is 727. The van der Waals surface area contributed by atoms with Crippen LogP contribution in [-0.4, -0.2) is 67.8 Å². The second kappa shape index (κ2) is 9.09. The molecule has 10 heteroatoms. The average molecular weight is 407 g/mol. The number of thioether (sulfide) groups is 1. The maximum atomic E-state index is 12.6. The molecule has 0 aliphatic carbocycles. The van der Waals surface area contributed by atoms with Gasteiger partial charge in [-0.3, -0.25) is 4.79 Å². The van der Waals surface area contributed by atoms with Crippen LogP contribution in [-0.2, 0) is 10.0 Å². The topological polar surface area (TPSA) is 94.3 Å². The van der Waals surface area contributed by atoms with Crippen molar-refractivity contribution in [2.45, 2.75) is 11.3 Å². The van der Waals surface area contributed by atoms with E-state index < -0.39 is 10.0 Å². The molecule has 3 N–H and O–H groups in total. The zero-order valence-electron chi connectivity index (χ0n) is 13.8. The van der Waals surface area contributed by atoms with Crippen LogP contribution in [0.1, 0.15) is 16.9 Å². The molecule has 3 heterocycles. The highest BCUT2D eigenvalue weighted by molar-refractivity contribution is 7.99. The molecule has 1 fully saturated rings. The molecular weight excluding hydrogens is 384 g/mol. The SMILES string of the molecule is Cl.O=C(NCC1=CCNCC1)c1cc(S(=O)(=O)N2CCSCC2)c[nH]1. The Morgan fingerprint density at radius 3 is 2.76 bits per heavy atom. The van der Waals surface area contributed by atoms with Crippen LogP contribution in [0.15, 0.2) is 28.8 Å². The van der Waals surface area contributed by atoms with Gasteiger partial charge in [0, 0.05) is 43.9 Å². The minimum atomic E-state index is -3.52. The van der Waals surface area contributed by atoms with E-state index in [1.165, 1.54) is 22.1 Å². The maximum Gasteiger partial charge on any atom is 0.267 e. The molecule has 25 heavy (non-hydrogen) atoms. The van der Waals surface area contributed by atoms with Gasteiger partial charge in [-0.2, -0.15) is 16.1 Å². The van der Waals surface area contributed by atoms with Crippen LogP contribution in [0.3, 0.4) is 0 Å². The Morgan fingerprint density at radius 2 is 2.08 bits per heavy atom. The zero-order chi connectivity index (χ0) is 17.0. The van der Waals surface area contributed by atoms with E-state index in [0.29, 0.717) is 19.6 Å². The number of H-pyrrole nitrogens is 1. The summed E-state index contributed by atoms with van der Waals surface area (Å²) < 4.78 is 26.6. The summed E-state index contributed by atoms with van der Waals surface area (Å²) in [6.45, 7) is 3.26. The second-order valence-electron chi connectivity index (χ2n) is 5.76. The summed E-state index contributed by atoms with van der Waals surface area (Å²) in [4.78, 5) is 15.1. The average Bonchev–Trinajstić information content (AvgIpc) is 3.12. The molecule has 0 aromatic carbocycles. The van der Waals surface area contributed by atoms with Crippen LogP contribution in [0.25, 0.3) is 0 Å². The lowest BCUT2D eigenvalue weighted by atomic mass is 10.1. The molecule has 3 rings (SSSR count). The molecule has 1 aromatic heterocycles. The van der Waals surface area contributed by atoms with Crippen LogP contribution in [0.5, 0.6) is 0 Å². The molecule has 1 saturated heterocycles. The first kappa shape index (κ1) is 20.3. The van der Waals surface area contributed by atoms with Gasteiger partial charge in [0.2, 0.25) is 10.0 Å². The summed E-state index contributed by atoms with van der Waals surface area (Å²) in [5, 5.41) is 6.05. The van der Waals surface area contributed by atoms with Crippen molar-refractivity contribution >= 4 is 40.1 Å². The minimum absolute atomic E-state index is 0. The molecule has 0 radical (unpaired) electrons. The van der Waals surface area contributed by atoms with E-state index in [0.717, 1.165) is 31.0 Å². The smallest absolute Gasteiger partial charge is 0.267 e. The number of carbonyl (C=O) groups is 1. The lowest BCUT2D eigenvalue weighted by Crippen LogP contribution is -2.37. The number of rotatable bonds is 5. The minimum Gasteiger partial charge on any atom is -0.356 e. The lowest BCUT2D eigenvalue weighted by molar-refractivity contribution is 0.0952. The number of aromatic amines is 1. The number of hydrogen-bond donors (Lipinski definition) is 3. The Labute approximate surface area is 158 Å². The number of sulfonamides is 1. The highest BCUT2D eigenvalue weighted by Crippen LogP contribution is 2.20. The predicted octanol–water partition coefficient (Wildman–Crippen LogP) is 0.823. The Morgan fingerprint density at radius 1 is 1.32 bits per heavy atom. The van der Waals surface area contributed by atoms with Crippen LogP contribution >= 0.6 is 24.2 Å². The summed E-state index contributed by atoms with van der Waals surface area (Å²) >= 11 is 1.75. The molecular formula is C15H23ClN4O3S2. The molecule has 1 amide bonds. The van der Waals surface area contributed by atoms with Gasteiger partial charge in [0.15, 0.2) is 0 Å². The second-order valence-corrected chi connectivity index (χ2v) is 8.93. The number of hydrogen-bond acceptors (Lipinski definition) is 5. The van der Waals surface area contributed by atoms with Gasteiger partial charge in [-0.05, 0) is 19.0 Å². The van der Waals surface area contributed by atoms with Crippen LogP contribution < -0.4 is 10.6 Å². The molecule has 0 bridgehead atoms. The van der Waals surface area contributed by atoms with Crippen molar-refractivity contribution in [3.8, 4) is 0 Å². The Balaban J connectivity index is 0.00000225. The van der Waals surface area contributed by atoms with Gasteiger partial charge in [0.1, 0.15) is 10.6 Å². The monoisotopic (exact) mass is 406 g/mol. The van der Waals surface area contributed by atoms with E-state index in [1.807, 2.05) is 0 Å². The fourth-order valence-corrected chi connectivity index (χ4v) is 5.28. The number of amides is 1. The van der Waals surface area contributed by atoms with Gasteiger partial charge < -0.3 is 15.6 Å². The van der Waals surface area contributed by atoms with E-state index in [1.54, 1.807) is 11.8 Å². The van der Waals surface area contributed by atoms with Crippen LogP contribution in [0.2, 0.25) is 0 Å². The molecule has 0 atom stereocenters. The molecule has 7 nitrogen and oxygen atoms in total. The largest absolute Gasteiger partial charge is 0.356 e. The van der Waals surface area contributed by atoms with Gasteiger partial charge >= 0.3 is 0 Å². The molecule has 0 unspecified atom stereocenters. The maximum absolute atomic E-state index is 12.6. The Hall–Kier alpha value is -1.00. The van der Waals surface area contributed by atoms with E-state index in [2.05, 4.69) is 21.7 Å². The predicted molar refractivity (Wildman–Crippen MR) is 102 cm³/mol. The molecule has 1 aromatic rings. The normalized spacial score (nSPS) is 19.0. The Kier molecular flexibility index (Phi) is 7.38. The molecule has 2 aliphatic heterocycles. The summed E-state index contributed by atoms with van der Waals surface area (Å²) in [6.07, 6.45) is 4.39. The van der Waals surface area contributed by atoms with Gasteiger partial charge in [-0.1, -0.05) is 11.6 Å². The third-order valence-electron chi connectivity index (χ3n) is 4.14. The quantitative estimate of drug-likeness (QED) is 0.629. The van der Waals surface area contributed by atoms with Gasteiger partial charge in [-0.15, -0.1) is 12.4 Å². The highest BCUT2D eigenvalue weighted by Gasteiger charge is 2.27. The summed E-state index contributed by atoms with van der Waals surface area (Å²) in [7, 11) is -3.52. The molecule has 2 aliphatic rings. The van der Waals surface area contributed by atoms with Crippen LogP contribution in [0, 0.1) is 0 Å². The first-order chi connectivity index (χ1) is 11.6. The summed E-state index contributed by atoms with van der Waals surface area (Å²) in [5.74, 6) is 1.33. The molecule has 0 spiro atoms. The first-order valence-electron chi connectivity index (χ1n) is 8.00. The van der Waals surface area contributed by atoms with E-state index in [4.69, 9.17) is 0 Å². The van der Waals surface area contributed by atoms with Crippen molar-refractivity contribution in [3.05, 3.63) is 29.6 Å². The number of carbonyl (C=O) groups excluding carboxylic acids is 1. The van der Waals surface area contributed by atoms with E-state index in [9.17, 15) is 13.2 Å². The first-order valence-corrected chi connectivity index (χ1v) is 10.6. The fraction of sp³-hybridized carbons (Fsp3) is 0.533. The third-order valence-corrected chi connectivity index (χ3v) is 6.96. The van der Waals surface area contributed by atoms with Crippen molar-refractivity contribution < 1.29 is 13.2 Å². The zero-order valence-corrected chi connectivity index (χ0v) is 16.2. The van der Waals surface area contributed by atoms with Crippen molar-refractivity contribution in [3.63, 3.8) is 0 Å². The van der Waals surface area contributed by atoms with Gasteiger partial charge in [0.25, 0.3) is 5.91 Å².